The second-order valence-corrected chi connectivity index (χ2v) is 7.82. The van der Waals surface area contributed by atoms with Crippen molar-refractivity contribution in [2.45, 2.75) is 52.2 Å². The Labute approximate surface area is 157 Å². The maximum atomic E-state index is 5.54. The first kappa shape index (κ1) is 18.8. The van der Waals surface area contributed by atoms with Crippen molar-refractivity contribution in [1.82, 2.24) is 20.2 Å². The number of rotatable bonds is 7. The van der Waals surface area contributed by atoms with Gasteiger partial charge in [0.2, 0.25) is 5.95 Å². The summed E-state index contributed by atoms with van der Waals surface area (Å²) in [6, 6.07) is 9.68. The van der Waals surface area contributed by atoms with E-state index in [4.69, 9.17) is 5.73 Å². The molecule has 140 valence electrons. The zero-order chi connectivity index (χ0) is 18.4. The summed E-state index contributed by atoms with van der Waals surface area (Å²) in [6.07, 6.45) is 7.22. The molecule has 1 saturated heterocycles. The van der Waals surface area contributed by atoms with E-state index in [9.17, 15) is 0 Å². The molecule has 1 unspecified atom stereocenters. The van der Waals surface area contributed by atoms with Crippen LogP contribution in [0.4, 0.5) is 5.95 Å². The number of nitrogens with two attached hydrogens (primary N) is 1. The van der Waals surface area contributed by atoms with Crippen molar-refractivity contribution in [1.29, 1.82) is 0 Å². The van der Waals surface area contributed by atoms with Gasteiger partial charge in [0, 0.05) is 43.6 Å². The third-order valence-corrected chi connectivity index (χ3v) is 4.90. The second-order valence-electron chi connectivity index (χ2n) is 7.82. The Kier molecular flexibility index (Phi) is 6.58. The summed E-state index contributed by atoms with van der Waals surface area (Å²) in [7, 11) is 0. The molecule has 0 amide bonds. The van der Waals surface area contributed by atoms with Gasteiger partial charge in [-0.1, -0.05) is 38.1 Å². The van der Waals surface area contributed by atoms with Gasteiger partial charge in [0.15, 0.2) is 0 Å². The van der Waals surface area contributed by atoms with Gasteiger partial charge < -0.3 is 11.1 Å². The van der Waals surface area contributed by atoms with Gasteiger partial charge in [-0.25, -0.2) is 9.97 Å². The number of anilines is 1. The van der Waals surface area contributed by atoms with Crippen LogP contribution in [0.3, 0.4) is 0 Å². The number of likely N-dealkylation sites (tertiary alicyclic amines) is 1. The first-order valence-corrected chi connectivity index (χ1v) is 9.68. The molecular weight excluding hydrogens is 322 g/mol. The molecule has 2 aromatic rings. The molecule has 1 aliphatic heterocycles. The first-order chi connectivity index (χ1) is 12.6. The Morgan fingerprint density at radius 3 is 2.50 bits per heavy atom. The van der Waals surface area contributed by atoms with Crippen molar-refractivity contribution in [2.75, 3.05) is 18.8 Å². The van der Waals surface area contributed by atoms with E-state index in [0.717, 1.165) is 31.6 Å². The molecule has 2 heterocycles. The van der Waals surface area contributed by atoms with Gasteiger partial charge in [-0.3, -0.25) is 4.90 Å². The summed E-state index contributed by atoms with van der Waals surface area (Å²) in [5.41, 5.74) is 9.47. The molecule has 1 aromatic heterocycles. The van der Waals surface area contributed by atoms with Gasteiger partial charge in [-0.05, 0) is 42.9 Å². The van der Waals surface area contributed by atoms with Crippen LogP contribution in [0.2, 0.25) is 0 Å². The van der Waals surface area contributed by atoms with Crippen LogP contribution in [-0.4, -0.2) is 34.0 Å². The predicted molar refractivity (Wildman–Crippen MR) is 107 cm³/mol. The van der Waals surface area contributed by atoms with Crippen molar-refractivity contribution in [3.8, 4) is 0 Å². The molecule has 3 rings (SSSR count). The number of aromatic nitrogens is 2. The third-order valence-electron chi connectivity index (χ3n) is 4.90. The zero-order valence-electron chi connectivity index (χ0n) is 16.0. The zero-order valence-corrected chi connectivity index (χ0v) is 16.0. The lowest BCUT2D eigenvalue weighted by Gasteiger charge is -2.33. The van der Waals surface area contributed by atoms with E-state index in [0.29, 0.717) is 17.9 Å². The van der Waals surface area contributed by atoms with Crippen LogP contribution in [0.25, 0.3) is 0 Å². The minimum atomic E-state index is 0.331. The average molecular weight is 354 g/mol. The lowest BCUT2D eigenvalue weighted by atomic mass is 10.0. The van der Waals surface area contributed by atoms with Gasteiger partial charge in [-0.2, -0.15) is 0 Å². The lowest BCUT2D eigenvalue weighted by molar-refractivity contribution is 0.182. The van der Waals surface area contributed by atoms with Crippen LogP contribution in [0.5, 0.6) is 0 Å². The van der Waals surface area contributed by atoms with Gasteiger partial charge in [0.05, 0.1) is 0 Å². The van der Waals surface area contributed by atoms with E-state index in [1.54, 1.807) is 12.4 Å². The van der Waals surface area contributed by atoms with Gasteiger partial charge in [0.25, 0.3) is 0 Å². The minimum absolute atomic E-state index is 0.331. The van der Waals surface area contributed by atoms with Crippen LogP contribution in [-0.2, 0) is 19.5 Å². The fourth-order valence-corrected chi connectivity index (χ4v) is 3.59. The van der Waals surface area contributed by atoms with Crippen LogP contribution in [0.1, 0.15) is 43.4 Å². The molecule has 3 N–H and O–H groups in total. The lowest BCUT2D eigenvalue weighted by Crippen LogP contribution is -2.45. The molecule has 1 atom stereocenters. The molecule has 5 nitrogen and oxygen atoms in total. The SMILES string of the molecule is CC(C)Cc1ccc(CN2CCCC(NCc3cnc(N)nc3)C2)cc1. The second kappa shape index (κ2) is 9.10. The highest BCUT2D eigenvalue weighted by Gasteiger charge is 2.19. The van der Waals surface area contributed by atoms with E-state index in [2.05, 4.69) is 58.3 Å². The molecular formula is C21H31N5. The summed E-state index contributed by atoms with van der Waals surface area (Å²) in [5.74, 6) is 1.04. The monoisotopic (exact) mass is 353 g/mol. The summed E-state index contributed by atoms with van der Waals surface area (Å²) >= 11 is 0. The molecule has 0 aliphatic carbocycles. The molecule has 26 heavy (non-hydrogen) atoms. The van der Waals surface area contributed by atoms with E-state index in [1.807, 2.05) is 0 Å². The average Bonchev–Trinajstić information content (AvgIpc) is 2.63. The van der Waals surface area contributed by atoms with E-state index in [1.165, 1.54) is 30.5 Å². The fourth-order valence-electron chi connectivity index (χ4n) is 3.59. The van der Waals surface area contributed by atoms with Crippen LogP contribution < -0.4 is 11.1 Å². The van der Waals surface area contributed by atoms with E-state index < -0.39 is 0 Å². The number of nitrogen functional groups attached to an aromatic ring is 1. The van der Waals surface area contributed by atoms with E-state index in [-0.39, 0.29) is 0 Å². The summed E-state index contributed by atoms with van der Waals surface area (Å²) < 4.78 is 0. The molecule has 5 heteroatoms. The molecule has 0 saturated carbocycles. The fraction of sp³-hybridized carbons (Fsp3) is 0.524. The predicted octanol–water partition coefficient (Wildman–Crippen LogP) is 3.01. The van der Waals surface area contributed by atoms with Crippen LogP contribution in [0, 0.1) is 5.92 Å². The summed E-state index contributed by atoms with van der Waals surface area (Å²) in [6.45, 7) is 8.63. The maximum Gasteiger partial charge on any atom is 0.219 e. The summed E-state index contributed by atoms with van der Waals surface area (Å²) in [4.78, 5) is 10.7. The first-order valence-electron chi connectivity index (χ1n) is 9.68. The molecule has 1 aromatic carbocycles. The minimum Gasteiger partial charge on any atom is -0.368 e. The highest BCUT2D eigenvalue weighted by molar-refractivity contribution is 5.23. The number of hydrogen-bond acceptors (Lipinski definition) is 5. The number of piperidine rings is 1. The Bertz CT molecular complexity index is 666. The van der Waals surface area contributed by atoms with Gasteiger partial charge >= 0.3 is 0 Å². The molecule has 1 aliphatic rings. The van der Waals surface area contributed by atoms with Gasteiger partial charge in [0.1, 0.15) is 0 Å². The van der Waals surface area contributed by atoms with Crippen molar-refractivity contribution in [3.05, 3.63) is 53.3 Å². The Hall–Kier alpha value is -1.98. The number of nitrogens with zero attached hydrogens (tertiary/aromatic N) is 3. The summed E-state index contributed by atoms with van der Waals surface area (Å²) in [5, 5.41) is 3.64. The van der Waals surface area contributed by atoms with Crippen LogP contribution in [0.15, 0.2) is 36.7 Å². The largest absolute Gasteiger partial charge is 0.368 e. The topological polar surface area (TPSA) is 67.1 Å². The number of nitrogens with one attached hydrogen (secondary N) is 1. The smallest absolute Gasteiger partial charge is 0.219 e. The Balaban J connectivity index is 1.47. The highest BCUT2D eigenvalue weighted by atomic mass is 15.2. The van der Waals surface area contributed by atoms with Crippen molar-refractivity contribution < 1.29 is 0 Å². The third kappa shape index (κ3) is 5.78. The van der Waals surface area contributed by atoms with Gasteiger partial charge in [-0.15, -0.1) is 0 Å². The molecule has 1 fully saturated rings. The van der Waals surface area contributed by atoms with E-state index >= 15 is 0 Å². The Morgan fingerprint density at radius 2 is 1.81 bits per heavy atom. The molecule has 0 spiro atoms. The number of benzene rings is 1. The van der Waals surface area contributed by atoms with Crippen LogP contribution >= 0.6 is 0 Å². The highest BCUT2D eigenvalue weighted by Crippen LogP contribution is 2.16. The van der Waals surface area contributed by atoms with Crippen molar-refractivity contribution >= 4 is 5.95 Å². The quantitative estimate of drug-likeness (QED) is 0.801. The maximum absolute atomic E-state index is 5.54. The molecule has 0 radical (unpaired) electrons. The number of hydrogen-bond donors (Lipinski definition) is 2. The Morgan fingerprint density at radius 1 is 1.12 bits per heavy atom. The normalized spacial score (nSPS) is 18.3. The standard InChI is InChI=1S/C21H31N5/c1-16(2)10-17-5-7-18(8-6-17)14-26-9-3-4-20(15-26)23-11-19-12-24-21(22)25-13-19/h5-8,12-13,16,20,23H,3-4,9-11,14-15H2,1-2H3,(H2,22,24,25). The van der Waals surface area contributed by atoms with Crippen molar-refractivity contribution in [3.63, 3.8) is 0 Å². The van der Waals surface area contributed by atoms with Crippen molar-refractivity contribution in [2.24, 2.45) is 5.92 Å². The molecule has 0 bridgehead atoms.